The number of hydrogen-bond acceptors (Lipinski definition) is 7. The van der Waals surface area contributed by atoms with Crippen molar-refractivity contribution < 1.29 is 34.4 Å². The van der Waals surface area contributed by atoms with Crippen LogP contribution in [-0.4, -0.2) is 46.1 Å². The Morgan fingerprint density at radius 3 is 2.38 bits per heavy atom. The predicted molar refractivity (Wildman–Crippen MR) is 80.4 cm³/mol. The number of fused-ring (bicyclic) bond motifs is 2. The van der Waals surface area contributed by atoms with E-state index in [2.05, 4.69) is 0 Å². The van der Waals surface area contributed by atoms with E-state index in [4.69, 9.17) is 9.84 Å². The molecule has 0 aliphatic heterocycles. The Labute approximate surface area is 135 Å². The van der Waals surface area contributed by atoms with Gasteiger partial charge in [0, 0.05) is 11.1 Å². The molecule has 2 aromatic rings. The lowest BCUT2D eigenvalue weighted by molar-refractivity contribution is 0.0433. The van der Waals surface area contributed by atoms with Gasteiger partial charge < -0.3 is 20.1 Å². The molecule has 0 heterocycles. The van der Waals surface area contributed by atoms with E-state index in [0.29, 0.717) is 0 Å². The minimum atomic E-state index is -0.843. The van der Waals surface area contributed by atoms with Crippen molar-refractivity contribution in [1.29, 1.82) is 0 Å². The van der Waals surface area contributed by atoms with E-state index >= 15 is 0 Å². The first-order chi connectivity index (χ1) is 11.5. The summed E-state index contributed by atoms with van der Waals surface area (Å²) in [5.41, 5.74) is -0.722. The Kier molecular flexibility index (Phi) is 3.78. The van der Waals surface area contributed by atoms with Crippen molar-refractivity contribution in [2.45, 2.75) is 0 Å². The zero-order valence-electron chi connectivity index (χ0n) is 12.3. The monoisotopic (exact) mass is 328 g/mol. The highest BCUT2D eigenvalue weighted by Gasteiger charge is 2.35. The van der Waals surface area contributed by atoms with Crippen LogP contribution >= 0.6 is 0 Å². The Bertz CT molecular complexity index is 883. The fourth-order valence-electron chi connectivity index (χ4n) is 2.62. The third-order valence-corrected chi connectivity index (χ3v) is 3.66. The number of aromatic hydroxyl groups is 2. The van der Waals surface area contributed by atoms with Crippen LogP contribution < -0.4 is 0 Å². The van der Waals surface area contributed by atoms with Gasteiger partial charge in [-0.3, -0.25) is 9.59 Å². The predicted octanol–water partition coefficient (Wildman–Crippen LogP) is 1.02. The van der Waals surface area contributed by atoms with E-state index in [9.17, 15) is 24.6 Å². The molecule has 7 nitrogen and oxygen atoms in total. The summed E-state index contributed by atoms with van der Waals surface area (Å²) in [6, 6.07) is 6.24. The lowest BCUT2D eigenvalue weighted by atomic mass is 9.82. The summed E-state index contributed by atoms with van der Waals surface area (Å²) in [5, 5.41) is 28.6. The van der Waals surface area contributed by atoms with Crippen molar-refractivity contribution in [2.24, 2.45) is 0 Å². The summed E-state index contributed by atoms with van der Waals surface area (Å²) >= 11 is 0. The first-order valence-electron chi connectivity index (χ1n) is 7.02. The van der Waals surface area contributed by atoms with Crippen LogP contribution in [0.3, 0.4) is 0 Å². The quantitative estimate of drug-likeness (QED) is 0.614. The summed E-state index contributed by atoms with van der Waals surface area (Å²) in [6.45, 7) is -0.604. The van der Waals surface area contributed by atoms with Crippen LogP contribution in [0.2, 0.25) is 0 Å². The van der Waals surface area contributed by atoms with Crippen molar-refractivity contribution in [1.82, 2.24) is 0 Å². The second kappa shape index (κ2) is 5.78. The van der Waals surface area contributed by atoms with Gasteiger partial charge in [0.1, 0.15) is 18.1 Å². The minimum absolute atomic E-state index is 0.00669. The standard InChI is InChI=1S/C17H12O7/c18-4-5-24-17(23)8-6-10-14(12(20)7-8)16(22)13-9(15(10)21)2-1-3-11(13)19/h1-3,6-7,18-20H,4-5H2. The fourth-order valence-corrected chi connectivity index (χ4v) is 2.62. The summed E-state index contributed by atoms with van der Waals surface area (Å²) in [7, 11) is 0. The van der Waals surface area contributed by atoms with Gasteiger partial charge in [-0.2, -0.15) is 0 Å². The zero-order valence-corrected chi connectivity index (χ0v) is 12.3. The molecule has 0 amide bonds. The highest BCUT2D eigenvalue weighted by atomic mass is 16.5. The van der Waals surface area contributed by atoms with Crippen LogP contribution in [0.1, 0.15) is 42.2 Å². The van der Waals surface area contributed by atoms with Gasteiger partial charge in [-0.25, -0.2) is 4.79 Å². The van der Waals surface area contributed by atoms with Crippen molar-refractivity contribution in [2.75, 3.05) is 13.2 Å². The smallest absolute Gasteiger partial charge is 0.338 e. The highest BCUT2D eigenvalue weighted by Crippen LogP contribution is 2.37. The number of carbonyl (C=O) groups is 3. The molecule has 122 valence electrons. The number of phenols is 2. The van der Waals surface area contributed by atoms with E-state index in [0.717, 1.165) is 12.1 Å². The molecule has 0 bridgehead atoms. The molecule has 3 N–H and O–H groups in total. The van der Waals surface area contributed by atoms with E-state index in [1.165, 1.54) is 18.2 Å². The molecule has 3 rings (SSSR count). The number of ketones is 2. The first kappa shape index (κ1) is 15.7. The molecule has 0 unspecified atom stereocenters. The second-order valence-electron chi connectivity index (χ2n) is 5.14. The molecule has 0 saturated heterocycles. The van der Waals surface area contributed by atoms with Crippen LogP contribution in [0.15, 0.2) is 30.3 Å². The molecule has 24 heavy (non-hydrogen) atoms. The Morgan fingerprint density at radius 2 is 1.67 bits per heavy atom. The summed E-state index contributed by atoms with van der Waals surface area (Å²) in [5.74, 6) is -3.06. The molecule has 0 aromatic heterocycles. The maximum atomic E-state index is 12.6. The van der Waals surface area contributed by atoms with Gasteiger partial charge in [-0.05, 0) is 18.2 Å². The topological polar surface area (TPSA) is 121 Å². The average Bonchev–Trinajstić information content (AvgIpc) is 2.56. The summed E-state index contributed by atoms with van der Waals surface area (Å²) < 4.78 is 4.74. The van der Waals surface area contributed by atoms with Gasteiger partial charge in [0.2, 0.25) is 5.78 Å². The van der Waals surface area contributed by atoms with Gasteiger partial charge in [-0.1, -0.05) is 12.1 Å². The Hall–Kier alpha value is -3.19. The second-order valence-corrected chi connectivity index (χ2v) is 5.14. The van der Waals surface area contributed by atoms with Crippen LogP contribution in [0, 0.1) is 0 Å². The molecule has 0 fully saturated rings. The number of rotatable bonds is 3. The Balaban J connectivity index is 2.15. The molecule has 2 aromatic carbocycles. The molecule has 0 radical (unpaired) electrons. The number of benzene rings is 2. The number of aliphatic hydroxyl groups is 1. The number of esters is 1. The summed E-state index contributed by atoms with van der Waals surface area (Å²) in [4.78, 5) is 37.0. The lowest BCUT2D eigenvalue weighted by Crippen LogP contribution is -2.22. The molecular formula is C17H12O7. The third-order valence-electron chi connectivity index (χ3n) is 3.66. The van der Waals surface area contributed by atoms with Gasteiger partial charge >= 0.3 is 5.97 Å². The van der Waals surface area contributed by atoms with Crippen molar-refractivity contribution >= 4 is 17.5 Å². The van der Waals surface area contributed by atoms with E-state index in [1.807, 2.05) is 0 Å². The van der Waals surface area contributed by atoms with Gasteiger partial charge in [0.15, 0.2) is 5.78 Å². The molecule has 1 aliphatic rings. The Morgan fingerprint density at radius 1 is 0.958 bits per heavy atom. The van der Waals surface area contributed by atoms with Crippen LogP contribution in [0.25, 0.3) is 0 Å². The number of aliphatic hydroxyl groups excluding tert-OH is 1. The molecule has 0 spiro atoms. The SMILES string of the molecule is O=C(OCCO)c1cc(O)c2c(c1)C(=O)c1cccc(O)c1C2=O. The summed E-state index contributed by atoms with van der Waals surface area (Å²) in [6.07, 6.45) is 0. The van der Waals surface area contributed by atoms with E-state index in [1.54, 1.807) is 0 Å². The molecule has 7 heteroatoms. The lowest BCUT2D eigenvalue weighted by Gasteiger charge is -2.19. The number of ether oxygens (including phenoxy) is 1. The zero-order chi connectivity index (χ0) is 17.4. The normalized spacial score (nSPS) is 12.5. The van der Waals surface area contributed by atoms with Gasteiger partial charge in [0.25, 0.3) is 0 Å². The fraction of sp³-hybridized carbons (Fsp3) is 0.118. The average molecular weight is 328 g/mol. The molecular weight excluding hydrogens is 316 g/mol. The molecule has 0 atom stereocenters. The number of hydrogen-bond donors (Lipinski definition) is 3. The molecule has 1 aliphatic carbocycles. The van der Waals surface area contributed by atoms with Crippen molar-refractivity contribution in [3.8, 4) is 11.5 Å². The molecule has 0 saturated carbocycles. The maximum absolute atomic E-state index is 12.6. The van der Waals surface area contributed by atoms with Crippen molar-refractivity contribution in [3.63, 3.8) is 0 Å². The van der Waals surface area contributed by atoms with Crippen LogP contribution in [0.5, 0.6) is 11.5 Å². The van der Waals surface area contributed by atoms with Crippen LogP contribution in [0.4, 0.5) is 0 Å². The number of phenolic OH excluding ortho intramolecular Hbond substituents is 2. The van der Waals surface area contributed by atoms with Crippen LogP contribution in [-0.2, 0) is 4.74 Å². The van der Waals surface area contributed by atoms with Gasteiger partial charge in [-0.15, -0.1) is 0 Å². The number of carbonyl (C=O) groups excluding carboxylic acids is 3. The van der Waals surface area contributed by atoms with Gasteiger partial charge in [0.05, 0.1) is 23.3 Å². The van der Waals surface area contributed by atoms with Crippen molar-refractivity contribution in [3.05, 3.63) is 58.1 Å². The minimum Gasteiger partial charge on any atom is -0.507 e. The third kappa shape index (κ3) is 2.31. The first-order valence-corrected chi connectivity index (χ1v) is 7.02. The largest absolute Gasteiger partial charge is 0.507 e. The highest BCUT2D eigenvalue weighted by molar-refractivity contribution is 6.30. The van der Waals surface area contributed by atoms with E-state index < -0.39 is 23.3 Å². The van der Waals surface area contributed by atoms with E-state index in [-0.39, 0.29) is 46.8 Å². The maximum Gasteiger partial charge on any atom is 0.338 e.